The van der Waals surface area contributed by atoms with Crippen molar-refractivity contribution < 1.29 is 0 Å². The first-order chi connectivity index (χ1) is 12.3. The smallest absolute Gasteiger partial charge is 0.0518 e. The van der Waals surface area contributed by atoms with Gasteiger partial charge in [-0.15, -0.1) is 0 Å². The van der Waals surface area contributed by atoms with Crippen LogP contribution < -0.4 is 0 Å². The van der Waals surface area contributed by atoms with Gasteiger partial charge in [-0.25, -0.2) is 0 Å². The van der Waals surface area contributed by atoms with E-state index in [1.54, 1.807) is 0 Å². The summed E-state index contributed by atoms with van der Waals surface area (Å²) >= 11 is 0. The Labute approximate surface area is 149 Å². The van der Waals surface area contributed by atoms with Gasteiger partial charge in [-0.05, 0) is 35.2 Å². The lowest BCUT2D eigenvalue weighted by Crippen LogP contribution is -2.04. The molecule has 0 aliphatic carbocycles. The van der Waals surface area contributed by atoms with Crippen molar-refractivity contribution >= 4 is 0 Å². The number of hydrogen-bond acceptors (Lipinski definition) is 0. The first kappa shape index (κ1) is 15.5. The molecule has 0 spiro atoms. The fourth-order valence-electron chi connectivity index (χ4n) is 3.44. The van der Waals surface area contributed by atoms with E-state index in [1.165, 1.54) is 33.6 Å². The lowest BCUT2D eigenvalue weighted by atomic mass is 10.1. The third-order valence-electron chi connectivity index (χ3n) is 4.59. The molecular formula is C24H21N. The summed E-state index contributed by atoms with van der Waals surface area (Å²) in [4.78, 5) is 0. The molecule has 0 fully saturated rings. The van der Waals surface area contributed by atoms with Gasteiger partial charge in [0.2, 0.25) is 0 Å². The van der Waals surface area contributed by atoms with Crippen molar-refractivity contribution in [2.45, 2.75) is 13.5 Å². The fraction of sp³-hybridized carbons (Fsp3) is 0.0833. The zero-order chi connectivity index (χ0) is 17.1. The standard InChI is InChI=1S/C24H21N/c1-19-17-23(21-13-7-3-8-14-21)25(18-20-11-5-2-6-12-20)24(19)22-15-9-4-10-16-22/h2-17H,18H2,1H3. The van der Waals surface area contributed by atoms with Crippen LogP contribution in [-0.2, 0) is 6.54 Å². The molecule has 4 rings (SSSR count). The molecule has 1 heterocycles. The largest absolute Gasteiger partial charge is 0.336 e. The van der Waals surface area contributed by atoms with E-state index in [9.17, 15) is 0 Å². The van der Waals surface area contributed by atoms with Crippen molar-refractivity contribution in [2.24, 2.45) is 0 Å². The number of benzene rings is 3. The number of aryl methyl sites for hydroxylation is 1. The summed E-state index contributed by atoms with van der Waals surface area (Å²) in [6.07, 6.45) is 0. The lowest BCUT2D eigenvalue weighted by molar-refractivity contribution is 0.820. The van der Waals surface area contributed by atoms with Crippen LogP contribution in [0.1, 0.15) is 11.1 Å². The van der Waals surface area contributed by atoms with Crippen LogP contribution in [0.2, 0.25) is 0 Å². The van der Waals surface area contributed by atoms with E-state index in [-0.39, 0.29) is 0 Å². The molecular weight excluding hydrogens is 302 g/mol. The highest BCUT2D eigenvalue weighted by Gasteiger charge is 2.15. The van der Waals surface area contributed by atoms with E-state index in [4.69, 9.17) is 0 Å². The van der Waals surface area contributed by atoms with Crippen molar-refractivity contribution in [3.05, 3.63) is 108 Å². The Hall–Kier alpha value is -3.06. The van der Waals surface area contributed by atoms with Crippen LogP contribution in [0.4, 0.5) is 0 Å². The molecule has 0 unspecified atom stereocenters. The van der Waals surface area contributed by atoms with Gasteiger partial charge in [0, 0.05) is 12.2 Å². The first-order valence-electron chi connectivity index (χ1n) is 8.68. The van der Waals surface area contributed by atoms with Crippen LogP contribution in [0.3, 0.4) is 0 Å². The van der Waals surface area contributed by atoms with E-state index in [0.29, 0.717) is 0 Å². The van der Waals surface area contributed by atoms with E-state index in [0.717, 1.165) is 6.54 Å². The van der Waals surface area contributed by atoms with Gasteiger partial charge in [-0.3, -0.25) is 0 Å². The van der Waals surface area contributed by atoms with Crippen LogP contribution in [0, 0.1) is 6.92 Å². The lowest BCUT2D eigenvalue weighted by Gasteiger charge is -2.15. The number of hydrogen-bond donors (Lipinski definition) is 0. The van der Waals surface area contributed by atoms with Crippen LogP contribution in [-0.4, -0.2) is 4.57 Å². The Kier molecular flexibility index (Phi) is 4.22. The van der Waals surface area contributed by atoms with E-state index in [2.05, 4.69) is 109 Å². The molecule has 0 radical (unpaired) electrons. The molecule has 0 aliphatic heterocycles. The summed E-state index contributed by atoms with van der Waals surface area (Å²) in [5.74, 6) is 0. The maximum atomic E-state index is 2.44. The SMILES string of the molecule is Cc1cc(-c2ccccc2)n(Cc2ccccc2)c1-c1ccccc1. The van der Waals surface area contributed by atoms with Crippen LogP contribution in [0.15, 0.2) is 97.1 Å². The number of aromatic nitrogens is 1. The molecule has 3 aromatic carbocycles. The molecule has 25 heavy (non-hydrogen) atoms. The summed E-state index contributed by atoms with van der Waals surface area (Å²) in [5, 5.41) is 0. The minimum absolute atomic E-state index is 0.864. The summed E-state index contributed by atoms with van der Waals surface area (Å²) in [5.41, 5.74) is 7.69. The maximum Gasteiger partial charge on any atom is 0.0518 e. The maximum absolute atomic E-state index is 2.44. The van der Waals surface area contributed by atoms with E-state index < -0.39 is 0 Å². The molecule has 0 aliphatic rings. The quantitative estimate of drug-likeness (QED) is 0.422. The Morgan fingerprint density at radius 2 is 1.16 bits per heavy atom. The van der Waals surface area contributed by atoms with Gasteiger partial charge in [0.05, 0.1) is 5.69 Å². The highest BCUT2D eigenvalue weighted by molar-refractivity contribution is 5.73. The molecule has 0 bridgehead atoms. The minimum Gasteiger partial charge on any atom is -0.336 e. The van der Waals surface area contributed by atoms with Gasteiger partial charge in [0.1, 0.15) is 0 Å². The van der Waals surface area contributed by atoms with Gasteiger partial charge in [0.25, 0.3) is 0 Å². The first-order valence-corrected chi connectivity index (χ1v) is 8.68. The average Bonchev–Trinajstić information content (AvgIpc) is 3.00. The van der Waals surface area contributed by atoms with Crippen molar-refractivity contribution in [1.82, 2.24) is 4.57 Å². The summed E-state index contributed by atoms with van der Waals surface area (Å²) < 4.78 is 2.44. The fourth-order valence-corrected chi connectivity index (χ4v) is 3.44. The molecule has 122 valence electrons. The van der Waals surface area contributed by atoms with Gasteiger partial charge < -0.3 is 4.57 Å². The summed E-state index contributed by atoms with van der Waals surface area (Å²) in [6, 6.07) is 34.3. The highest BCUT2D eigenvalue weighted by Crippen LogP contribution is 2.33. The predicted molar refractivity (Wildman–Crippen MR) is 106 cm³/mol. The van der Waals surface area contributed by atoms with Gasteiger partial charge in [-0.2, -0.15) is 0 Å². The summed E-state index contributed by atoms with van der Waals surface area (Å²) in [7, 11) is 0. The molecule has 1 aromatic heterocycles. The van der Waals surface area contributed by atoms with Gasteiger partial charge >= 0.3 is 0 Å². The Bertz CT molecular complexity index is 951. The topological polar surface area (TPSA) is 4.93 Å². The van der Waals surface area contributed by atoms with Crippen molar-refractivity contribution in [1.29, 1.82) is 0 Å². The molecule has 0 N–H and O–H groups in total. The minimum atomic E-state index is 0.864. The Morgan fingerprint density at radius 1 is 0.640 bits per heavy atom. The molecule has 0 amide bonds. The number of nitrogens with zero attached hydrogens (tertiary/aromatic N) is 1. The number of rotatable bonds is 4. The second-order valence-electron chi connectivity index (χ2n) is 6.36. The molecule has 0 saturated heterocycles. The molecule has 1 heteroatoms. The molecule has 0 saturated carbocycles. The molecule has 4 aromatic rings. The zero-order valence-electron chi connectivity index (χ0n) is 14.4. The monoisotopic (exact) mass is 323 g/mol. The highest BCUT2D eigenvalue weighted by atomic mass is 15.0. The molecule has 1 nitrogen and oxygen atoms in total. The second kappa shape index (κ2) is 6.82. The zero-order valence-corrected chi connectivity index (χ0v) is 14.4. The van der Waals surface area contributed by atoms with Crippen LogP contribution in [0.5, 0.6) is 0 Å². The third kappa shape index (κ3) is 3.14. The predicted octanol–water partition coefficient (Wildman–Crippen LogP) is 6.18. The Morgan fingerprint density at radius 3 is 1.76 bits per heavy atom. The third-order valence-corrected chi connectivity index (χ3v) is 4.59. The van der Waals surface area contributed by atoms with E-state index >= 15 is 0 Å². The van der Waals surface area contributed by atoms with Crippen LogP contribution >= 0.6 is 0 Å². The normalized spacial score (nSPS) is 10.8. The van der Waals surface area contributed by atoms with Gasteiger partial charge in [-0.1, -0.05) is 91.0 Å². The van der Waals surface area contributed by atoms with Crippen molar-refractivity contribution in [3.63, 3.8) is 0 Å². The summed E-state index contributed by atoms with van der Waals surface area (Å²) in [6.45, 7) is 3.07. The Balaban J connectivity index is 1.91. The average molecular weight is 323 g/mol. The van der Waals surface area contributed by atoms with Crippen molar-refractivity contribution in [2.75, 3.05) is 0 Å². The van der Waals surface area contributed by atoms with E-state index in [1.807, 2.05) is 0 Å². The van der Waals surface area contributed by atoms with Crippen LogP contribution in [0.25, 0.3) is 22.5 Å². The second-order valence-corrected chi connectivity index (χ2v) is 6.36. The van der Waals surface area contributed by atoms with Gasteiger partial charge in [0.15, 0.2) is 0 Å². The van der Waals surface area contributed by atoms with Crippen molar-refractivity contribution in [3.8, 4) is 22.5 Å². The molecule has 0 atom stereocenters.